The van der Waals surface area contributed by atoms with E-state index >= 15 is 0 Å². The van der Waals surface area contributed by atoms with Crippen molar-refractivity contribution in [1.82, 2.24) is 0 Å². The van der Waals surface area contributed by atoms with Crippen LogP contribution in [0.2, 0.25) is 0 Å². The highest BCUT2D eigenvalue weighted by atomic mass is 16.5. The maximum absolute atomic E-state index is 10.2. The minimum Gasteiger partial charge on any atom is -0.393 e. The first-order valence-corrected chi connectivity index (χ1v) is 8.10. The second-order valence-corrected chi connectivity index (χ2v) is 5.74. The Morgan fingerprint density at radius 1 is 0.684 bits per heavy atom. The van der Waals surface area contributed by atoms with E-state index in [-0.39, 0.29) is 12.0 Å². The van der Waals surface area contributed by atoms with Crippen molar-refractivity contribution in [2.45, 2.75) is 91.0 Å². The van der Waals surface area contributed by atoms with Crippen LogP contribution in [-0.4, -0.2) is 27.7 Å². The molecule has 19 heavy (non-hydrogen) atoms. The second kappa shape index (κ2) is 11.7. The second-order valence-electron chi connectivity index (χ2n) is 5.74. The SMILES string of the molecule is CCCCC(CC)C(O)CCCCC(CC)C(O)O. The fourth-order valence-corrected chi connectivity index (χ4v) is 2.69. The Bertz CT molecular complexity index is 194. The Hall–Kier alpha value is -0.120. The molecular formula is C16H34O3. The van der Waals surface area contributed by atoms with Crippen LogP contribution in [0.3, 0.4) is 0 Å². The van der Waals surface area contributed by atoms with Gasteiger partial charge in [-0.1, -0.05) is 52.9 Å². The number of hydrogen-bond donors (Lipinski definition) is 3. The lowest BCUT2D eigenvalue weighted by Crippen LogP contribution is -2.21. The molecule has 0 aromatic rings. The molecule has 0 aliphatic carbocycles. The van der Waals surface area contributed by atoms with E-state index in [4.69, 9.17) is 10.2 Å². The van der Waals surface area contributed by atoms with Crippen LogP contribution < -0.4 is 0 Å². The highest BCUT2D eigenvalue weighted by Crippen LogP contribution is 2.22. The van der Waals surface area contributed by atoms with Gasteiger partial charge in [0.25, 0.3) is 0 Å². The van der Waals surface area contributed by atoms with Crippen LogP contribution >= 0.6 is 0 Å². The number of unbranched alkanes of at least 4 members (excludes halogenated alkanes) is 2. The van der Waals surface area contributed by atoms with Gasteiger partial charge in [0.05, 0.1) is 6.10 Å². The number of aliphatic hydroxyl groups excluding tert-OH is 2. The summed E-state index contributed by atoms with van der Waals surface area (Å²) in [5, 5.41) is 28.5. The first-order chi connectivity index (χ1) is 9.06. The van der Waals surface area contributed by atoms with Gasteiger partial charge in [0.2, 0.25) is 0 Å². The van der Waals surface area contributed by atoms with Crippen LogP contribution in [0, 0.1) is 11.8 Å². The highest BCUT2D eigenvalue weighted by molar-refractivity contribution is 4.68. The standard InChI is InChI=1S/C16H34O3/c1-4-7-10-13(5-2)15(17)12-9-8-11-14(6-3)16(18)19/h13-19H,4-12H2,1-3H3. The summed E-state index contributed by atoms with van der Waals surface area (Å²) >= 11 is 0. The summed E-state index contributed by atoms with van der Waals surface area (Å²) in [4.78, 5) is 0. The van der Waals surface area contributed by atoms with Crippen molar-refractivity contribution in [3.8, 4) is 0 Å². The third-order valence-electron chi connectivity index (χ3n) is 4.27. The summed E-state index contributed by atoms with van der Waals surface area (Å²) in [6, 6.07) is 0. The third kappa shape index (κ3) is 8.61. The van der Waals surface area contributed by atoms with Gasteiger partial charge in [-0.05, 0) is 31.6 Å². The van der Waals surface area contributed by atoms with Crippen molar-refractivity contribution in [2.75, 3.05) is 0 Å². The topological polar surface area (TPSA) is 60.7 Å². The third-order valence-corrected chi connectivity index (χ3v) is 4.27. The lowest BCUT2D eigenvalue weighted by molar-refractivity contribution is -0.0873. The predicted molar refractivity (Wildman–Crippen MR) is 79.8 cm³/mol. The molecule has 0 saturated carbocycles. The fraction of sp³-hybridized carbons (Fsp3) is 1.00. The molecule has 0 spiro atoms. The van der Waals surface area contributed by atoms with E-state index in [1.807, 2.05) is 6.92 Å². The van der Waals surface area contributed by atoms with E-state index < -0.39 is 6.29 Å². The summed E-state index contributed by atoms with van der Waals surface area (Å²) < 4.78 is 0. The lowest BCUT2D eigenvalue weighted by Gasteiger charge is -2.22. The number of hydrogen-bond acceptors (Lipinski definition) is 3. The van der Waals surface area contributed by atoms with Gasteiger partial charge in [0.15, 0.2) is 6.29 Å². The summed E-state index contributed by atoms with van der Waals surface area (Å²) in [7, 11) is 0. The molecule has 3 heteroatoms. The van der Waals surface area contributed by atoms with Crippen LogP contribution in [0.4, 0.5) is 0 Å². The molecule has 3 unspecified atom stereocenters. The number of rotatable bonds is 12. The molecular weight excluding hydrogens is 240 g/mol. The van der Waals surface area contributed by atoms with Gasteiger partial charge in [-0.15, -0.1) is 0 Å². The monoisotopic (exact) mass is 274 g/mol. The van der Waals surface area contributed by atoms with Crippen LogP contribution in [0.5, 0.6) is 0 Å². The molecule has 0 aliphatic rings. The quantitative estimate of drug-likeness (QED) is 0.377. The van der Waals surface area contributed by atoms with Crippen molar-refractivity contribution in [2.24, 2.45) is 11.8 Å². The van der Waals surface area contributed by atoms with Gasteiger partial charge >= 0.3 is 0 Å². The van der Waals surface area contributed by atoms with E-state index in [0.717, 1.165) is 44.9 Å². The minimum absolute atomic E-state index is 0.0146. The van der Waals surface area contributed by atoms with Gasteiger partial charge in [0.1, 0.15) is 0 Å². The van der Waals surface area contributed by atoms with Crippen molar-refractivity contribution in [3.63, 3.8) is 0 Å². The molecule has 0 aliphatic heterocycles. The first kappa shape index (κ1) is 18.9. The molecule has 0 amide bonds. The lowest BCUT2D eigenvalue weighted by atomic mass is 9.89. The molecule has 0 bridgehead atoms. The summed E-state index contributed by atoms with van der Waals surface area (Å²) in [5.74, 6) is 0.421. The zero-order chi connectivity index (χ0) is 14.7. The van der Waals surface area contributed by atoms with Crippen molar-refractivity contribution >= 4 is 0 Å². The van der Waals surface area contributed by atoms with Crippen molar-refractivity contribution in [3.05, 3.63) is 0 Å². The Morgan fingerprint density at radius 3 is 1.68 bits per heavy atom. The molecule has 0 rings (SSSR count). The van der Waals surface area contributed by atoms with Crippen LogP contribution in [0.1, 0.15) is 78.6 Å². The van der Waals surface area contributed by atoms with E-state index in [2.05, 4.69) is 13.8 Å². The zero-order valence-corrected chi connectivity index (χ0v) is 13.0. The molecule has 0 aromatic carbocycles. The Morgan fingerprint density at radius 2 is 1.21 bits per heavy atom. The summed E-state index contributed by atoms with van der Waals surface area (Å²) in [6.45, 7) is 6.32. The molecule has 0 heterocycles. The summed E-state index contributed by atoms with van der Waals surface area (Å²) in [6.07, 6.45) is 7.62. The summed E-state index contributed by atoms with van der Waals surface area (Å²) in [5.41, 5.74) is 0. The maximum Gasteiger partial charge on any atom is 0.154 e. The Labute approximate surface area is 119 Å². The van der Waals surface area contributed by atoms with E-state index in [1.165, 1.54) is 12.8 Å². The van der Waals surface area contributed by atoms with Gasteiger partial charge in [0, 0.05) is 5.92 Å². The molecule has 0 fully saturated rings. The average Bonchev–Trinajstić information content (AvgIpc) is 2.39. The first-order valence-electron chi connectivity index (χ1n) is 8.10. The van der Waals surface area contributed by atoms with Crippen molar-refractivity contribution < 1.29 is 15.3 Å². The maximum atomic E-state index is 10.2. The highest BCUT2D eigenvalue weighted by Gasteiger charge is 2.17. The molecule has 0 aromatic heterocycles. The number of aliphatic hydroxyl groups is 3. The van der Waals surface area contributed by atoms with Crippen molar-refractivity contribution in [1.29, 1.82) is 0 Å². The Balaban J connectivity index is 3.79. The van der Waals surface area contributed by atoms with Crippen LogP contribution in [0.25, 0.3) is 0 Å². The van der Waals surface area contributed by atoms with Gasteiger partial charge in [-0.25, -0.2) is 0 Å². The zero-order valence-electron chi connectivity index (χ0n) is 13.0. The molecule has 3 atom stereocenters. The minimum atomic E-state index is -1.19. The largest absolute Gasteiger partial charge is 0.393 e. The molecule has 116 valence electrons. The van der Waals surface area contributed by atoms with E-state index in [9.17, 15) is 5.11 Å². The Kier molecular flexibility index (Phi) is 11.6. The van der Waals surface area contributed by atoms with E-state index in [1.54, 1.807) is 0 Å². The van der Waals surface area contributed by atoms with Crippen LogP contribution in [-0.2, 0) is 0 Å². The van der Waals surface area contributed by atoms with Crippen LogP contribution in [0.15, 0.2) is 0 Å². The predicted octanol–water partition coefficient (Wildman–Crippen LogP) is 3.46. The van der Waals surface area contributed by atoms with E-state index in [0.29, 0.717) is 5.92 Å². The average molecular weight is 274 g/mol. The fourth-order valence-electron chi connectivity index (χ4n) is 2.69. The smallest absolute Gasteiger partial charge is 0.154 e. The van der Waals surface area contributed by atoms with Gasteiger partial charge < -0.3 is 15.3 Å². The van der Waals surface area contributed by atoms with Gasteiger partial charge in [-0.2, -0.15) is 0 Å². The molecule has 0 saturated heterocycles. The van der Waals surface area contributed by atoms with Gasteiger partial charge in [-0.3, -0.25) is 0 Å². The normalized spacial score (nSPS) is 16.6. The molecule has 3 nitrogen and oxygen atoms in total. The molecule has 0 radical (unpaired) electrons. The molecule has 3 N–H and O–H groups in total.